The minimum atomic E-state index is -0.623. The fourth-order valence-electron chi connectivity index (χ4n) is 3.45. The van der Waals surface area contributed by atoms with Crippen molar-refractivity contribution in [3.8, 4) is 0 Å². The van der Waals surface area contributed by atoms with E-state index in [1.54, 1.807) is 0 Å². The third kappa shape index (κ3) is 2.70. The van der Waals surface area contributed by atoms with Crippen molar-refractivity contribution in [1.82, 2.24) is 14.7 Å². The van der Waals surface area contributed by atoms with Crippen LogP contribution in [-0.4, -0.2) is 45.0 Å². The van der Waals surface area contributed by atoms with Crippen LogP contribution in [-0.2, 0) is 13.0 Å². The average Bonchev–Trinajstić information content (AvgIpc) is 2.81. The van der Waals surface area contributed by atoms with Crippen molar-refractivity contribution < 1.29 is 5.11 Å². The zero-order chi connectivity index (χ0) is 15.0. The molecular weight excluding hydrogens is 262 g/mol. The highest BCUT2D eigenvalue weighted by Crippen LogP contribution is 2.31. The van der Waals surface area contributed by atoms with Crippen LogP contribution in [0.3, 0.4) is 0 Å². The van der Waals surface area contributed by atoms with E-state index in [1.165, 1.54) is 10.9 Å². The Bertz CT molecular complexity index is 636. The summed E-state index contributed by atoms with van der Waals surface area (Å²) in [7, 11) is 2.13. The molecule has 0 saturated carbocycles. The Morgan fingerprint density at radius 1 is 1.38 bits per heavy atom. The zero-order valence-electron chi connectivity index (χ0n) is 13.2. The predicted molar refractivity (Wildman–Crippen MR) is 85.4 cm³/mol. The first-order chi connectivity index (χ1) is 10.0. The molecule has 4 heteroatoms. The number of rotatable bonds is 3. The summed E-state index contributed by atoms with van der Waals surface area (Å²) < 4.78 is 2.03. The van der Waals surface area contributed by atoms with E-state index in [9.17, 15) is 5.11 Å². The largest absolute Gasteiger partial charge is 0.389 e. The van der Waals surface area contributed by atoms with E-state index in [2.05, 4.69) is 44.0 Å². The van der Waals surface area contributed by atoms with Gasteiger partial charge >= 0.3 is 0 Å². The van der Waals surface area contributed by atoms with Crippen molar-refractivity contribution in [1.29, 1.82) is 0 Å². The molecule has 1 aromatic carbocycles. The normalized spacial score (nSPS) is 27.3. The summed E-state index contributed by atoms with van der Waals surface area (Å²) in [5.74, 6) is 0. The molecule has 1 N–H and O–H groups in total. The number of benzene rings is 1. The van der Waals surface area contributed by atoms with Crippen LogP contribution in [0.5, 0.6) is 0 Å². The van der Waals surface area contributed by atoms with Crippen LogP contribution in [0.2, 0.25) is 0 Å². The summed E-state index contributed by atoms with van der Waals surface area (Å²) in [6.07, 6.45) is 2.29. The van der Waals surface area contributed by atoms with Crippen LogP contribution in [0.4, 0.5) is 0 Å². The number of hydrogen-bond acceptors (Lipinski definition) is 3. The topological polar surface area (TPSA) is 41.3 Å². The SMILES string of the molecule is CCn1nc(CC2(O)CCN(C)C(C)C2)c2ccccc21. The molecule has 0 amide bonds. The Labute approximate surface area is 126 Å². The highest BCUT2D eigenvalue weighted by Gasteiger charge is 2.36. The molecule has 4 nitrogen and oxygen atoms in total. The molecule has 0 bridgehead atoms. The smallest absolute Gasteiger partial charge is 0.0732 e. The molecule has 1 aliphatic heterocycles. The summed E-state index contributed by atoms with van der Waals surface area (Å²) in [6, 6.07) is 8.74. The molecule has 2 unspecified atom stereocenters. The highest BCUT2D eigenvalue weighted by atomic mass is 16.3. The molecule has 21 heavy (non-hydrogen) atoms. The van der Waals surface area contributed by atoms with Gasteiger partial charge in [0.1, 0.15) is 0 Å². The third-order valence-electron chi connectivity index (χ3n) is 4.89. The number of para-hydroxylation sites is 1. The molecule has 0 radical (unpaired) electrons. The lowest BCUT2D eigenvalue weighted by Crippen LogP contribution is -2.48. The van der Waals surface area contributed by atoms with Gasteiger partial charge in [0, 0.05) is 30.9 Å². The molecule has 1 aromatic heterocycles. The number of hydrogen-bond donors (Lipinski definition) is 1. The second kappa shape index (κ2) is 5.43. The lowest BCUT2D eigenvalue weighted by molar-refractivity contribution is -0.0358. The van der Waals surface area contributed by atoms with Crippen LogP contribution in [0.25, 0.3) is 10.9 Å². The number of piperidine rings is 1. The standard InChI is InChI=1S/C17H25N3O/c1-4-20-16-8-6-5-7-14(16)15(18-20)12-17(21)9-10-19(3)13(2)11-17/h5-8,13,21H,4,9-12H2,1-3H3. The first kappa shape index (κ1) is 14.5. The quantitative estimate of drug-likeness (QED) is 0.943. The van der Waals surface area contributed by atoms with Crippen LogP contribution in [0, 0.1) is 0 Å². The summed E-state index contributed by atoms with van der Waals surface area (Å²) in [6.45, 7) is 6.10. The van der Waals surface area contributed by atoms with Crippen LogP contribution in [0.1, 0.15) is 32.4 Å². The molecule has 1 saturated heterocycles. The maximum absolute atomic E-state index is 11.0. The molecule has 3 rings (SSSR count). The van der Waals surface area contributed by atoms with E-state index in [4.69, 9.17) is 5.10 Å². The first-order valence-electron chi connectivity index (χ1n) is 7.89. The molecule has 2 heterocycles. The van der Waals surface area contributed by atoms with Crippen molar-refractivity contribution in [2.24, 2.45) is 0 Å². The van der Waals surface area contributed by atoms with Crippen molar-refractivity contribution in [2.45, 2.75) is 51.3 Å². The molecule has 114 valence electrons. The van der Waals surface area contributed by atoms with Crippen molar-refractivity contribution in [3.63, 3.8) is 0 Å². The number of likely N-dealkylation sites (tertiary alicyclic amines) is 1. The van der Waals surface area contributed by atoms with Gasteiger partial charge < -0.3 is 10.0 Å². The van der Waals surface area contributed by atoms with E-state index < -0.39 is 5.60 Å². The van der Waals surface area contributed by atoms with Crippen LogP contribution in [0.15, 0.2) is 24.3 Å². The van der Waals surface area contributed by atoms with Gasteiger partial charge in [-0.25, -0.2) is 0 Å². The van der Waals surface area contributed by atoms with Gasteiger partial charge in [0.05, 0.1) is 16.8 Å². The summed E-state index contributed by atoms with van der Waals surface area (Å²) in [5.41, 5.74) is 1.58. The molecule has 1 aliphatic rings. The maximum atomic E-state index is 11.0. The third-order valence-corrected chi connectivity index (χ3v) is 4.89. The number of aliphatic hydroxyl groups is 1. The molecule has 0 aliphatic carbocycles. The van der Waals surface area contributed by atoms with E-state index in [0.29, 0.717) is 12.5 Å². The average molecular weight is 287 g/mol. The van der Waals surface area contributed by atoms with Crippen molar-refractivity contribution in [3.05, 3.63) is 30.0 Å². The van der Waals surface area contributed by atoms with Gasteiger partial charge in [0.2, 0.25) is 0 Å². The predicted octanol–water partition coefficient (Wildman–Crippen LogP) is 2.44. The molecule has 1 fully saturated rings. The lowest BCUT2D eigenvalue weighted by Gasteiger charge is -2.40. The Hall–Kier alpha value is -1.39. The lowest BCUT2D eigenvalue weighted by atomic mass is 9.83. The monoisotopic (exact) mass is 287 g/mol. The van der Waals surface area contributed by atoms with Gasteiger partial charge in [-0.15, -0.1) is 0 Å². The van der Waals surface area contributed by atoms with E-state index in [1.807, 2.05) is 10.7 Å². The van der Waals surface area contributed by atoms with Gasteiger partial charge in [-0.3, -0.25) is 4.68 Å². The van der Waals surface area contributed by atoms with Crippen molar-refractivity contribution in [2.75, 3.05) is 13.6 Å². The maximum Gasteiger partial charge on any atom is 0.0732 e. The summed E-state index contributed by atoms with van der Waals surface area (Å²) >= 11 is 0. The Morgan fingerprint density at radius 3 is 2.86 bits per heavy atom. The van der Waals surface area contributed by atoms with Crippen molar-refractivity contribution >= 4 is 10.9 Å². The number of nitrogens with zero attached hydrogens (tertiary/aromatic N) is 3. The summed E-state index contributed by atoms with van der Waals surface area (Å²) in [5, 5.41) is 16.9. The summed E-state index contributed by atoms with van der Waals surface area (Å²) in [4.78, 5) is 2.32. The molecule has 2 atom stereocenters. The van der Waals surface area contributed by atoms with Gasteiger partial charge in [0.15, 0.2) is 0 Å². The van der Waals surface area contributed by atoms with Gasteiger partial charge in [-0.1, -0.05) is 18.2 Å². The van der Waals surface area contributed by atoms with E-state index >= 15 is 0 Å². The molecule has 0 spiro atoms. The molecular formula is C17H25N3O. The van der Waals surface area contributed by atoms with Crippen LogP contribution < -0.4 is 0 Å². The number of aryl methyl sites for hydroxylation is 1. The van der Waals surface area contributed by atoms with E-state index in [-0.39, 0.29) is 0 Å². The highest BCUT2D eigenvalue weighted by molar-refractivity contribution is 5.82. The Morgan fingerprint density at radius 2 is 2.14 bits per heavy atom. The Balaban J connectivity index is 1.91. The zero-order valence-corrected chi connectivity index (χ0v) is 13.2. The van der Waals surface area contributed by atoms with Gasteiger partial charge in [-0.05, 0) is 39.8 Å². The molecule has 2 aromatic rings. The minimum absolute atomic E-state index is 0.420. The second-order valence-corrected chi connectivity index (χ2v) is 6.46. The van der Waals surface area contributed by atoms with E-state index in [0.717, 1.165) is 31.6 Å². The minimum Gasteiger partial charge on any atom is -0.389 e. The van der Waals surface area contributed by atoms with Crippen LogP contribution >= 0.6 is 0 Å². The number of aromatic nitrogens is 2. The van der Waals surface area contributed by atoms with Gasteiger partial charge in [0.25, 0.3) is 0 Å². The first-order valence-corrected chi connectivity index (χ1v) is 7.89. The fraction of sp³-hybridized carbons (Fsp3) is 0.588. The second-order valence-electron chi connectivity index (χ2n) is 6.46. The van der Waals surface area contributed by atoms with Gasteiger partial charge in [-0.2, -0.15) is 5.10 Å². The fourth-order valence-corrected chi connectivity index (χ4v) is 3.45. The number of fused-ring (bicyclic) bond motifs is 1. The Kier molecular flexibility index (Phi) is 3.76.